The minimum Gasteiger partial charge on any atom is -0.353 e. The zero-order chi connectivity index (χ0) is 22.1. The average molecular weight is 445 g/mol. The molecule has 2 bridgehead atoms. The van der Waals surface area contributed by atoms with Crippen molar-refractivity contribution in [3.63, 3.8) is 0 Å². The molecule has 4 amide bonds. The van der Waals surface area contributed by atoms with Crippen molar-refractivity contribution in [1.29, 1.82) is 0 Å². The van der Waals surface area contributed by atoms with Crippen molar-refractivity contribution in [2.45, 2.75) is 89.1 Å². The molecule has 5 fully saturated rings. The van der Waals surface area contributed by atoms with Crippen molar-refractivity contribution in [3.8, 4) is 0 Å². The third kappa shape index (κ3) is 4.76. The molecule has 178 valence electrons. The number of rotatable bonds is 4. The van der Waals surface area contributed by atoms with Crippen molar-refractivity contribution in [3.05, 3.63) is 0 Å². The summed E-state index contributed by atoms with van der Waals surface area (Å²) >= 11 is 0. The first-order chi connectivity index (χ1) is 15.6. The van der Waals surface area contributed by atoms with Gasteiger partial charge in [-0.05, 0) is 56.3 Å². The van der Waals surface area contributed by atoms with Gasteiger partial charge in [0.1, 0.15) is 0 Å². The van der Waals surface area contributed by atoms with Gasteiger partial charge in [-0.3, -0.25) is 9.59 Å². The summed E-state index contributed by atoms with van der Waals surface area (Å²) in [4.78, 5) is 44.2. The van der Waals surface area contributed by atoms with E-state index in [1.54, 1.807) is 0 Å². The predicted octanol–water partition coefficient (Wildman–Crippen LogP) is 2.99. The monoisotopic (exact) mass is 444 g/mol. The van der Waals surface area contributed by atoms with Crippen LogP contribution in [0.1, 0.15) is 77.0 Å². The van der Waals surface area contributed by atoms with Crippen LogP contribution in [0.2, 0.25) is 0 Å². The molecule has 4 heterocycles. The van der Waals surface area contributed by atoms with Crippen molar-refractivity contribution in [2.75, 3.05) is 32.7 Å². The number of nitrogens with zero attached hydrogens (tertiary/aromatic N) is 3. The Morgan fingerprint density at radius 1 is 0.906 bits per heavy atom. The first kappa shape index (κ1) is 22.0. The zero-order valence-electron chi connectivity index (χ0n) is 19.5. The molecule has 7 nitrogen and oxygen atoms in total. The lowest BCUT2D eigenvalue weighted by atomic mass is 9.76. The normalized spacial score (nSPS) is 31.6. The summed E-state index contributed by atoms with van der Waals surface area (Å²) in [6.07, 6.45) is 12.6. The van der Waals surface area contributed by atoms with Gasteiger partial charge < -0.3 is 20.0 Å². The van der Waals surface area contributed by atoms with E-state index in [2.05, 4.69) is 15.1 Å². The number of hydrogen-bond acceptors (Lipinski definition) is 3. The van der Waals surface area contributed by atoms with Gasteiger partial charge in [-0.15, -0.1) is 0 Å². The lowest BCUT2D eigenvalue weighted by Crippen LogP contribution is -2.62. The number of carbonyl (C=O) groups excluding carboxylic acids is 3. The molecule has 0 aromatic rings. The molecule has 5 aliphatic rings. The first-order valence-electron chi connectivity index (χ1n) is 13.2. The molecule has 0 aromatic carbocycles. The molecule has 0 radical (unpaired) electrons. The summed E-state index contributed by atoms with van der Waals surface area (Å²) in [5.74, 6) is 2.13. The fourth-order valence-electron chi connectivity index (χ4n) is 7.12. The van der Waals surface area contributed by atoms with Gasteiger partial charge in [0.25, 0.3) is 0 Å². The number of hydrogen-bond donors (Lipinski definition) is 1. The van der Waals surface area contributed by atoms with Crippen LogP contribution < -0.4 is 5.32 Å². The number of fused-ring (bicyclic) bond motifs is 4. The van der Waals surface area contributed by atoms with Crippen LogP contribution in [0.15, 0.2) is 0 Å². The van der Waals surface area contributed by atoms with Gasteiger partial charge >= 0.3 is 6.03 Å². The Kier molecular flexibility index (Phi) is 6.61. The van der Waals surface area contributed by atoms with Crippen LogP contribution in [0.25, 0.3) is 0 Å². The molecule has 1 aliphatic carbocycles. The summed E-state index contributed by atoms with van der Waals surface area (Å²) < 4.78 is 0. The smallest absolute Gasteiger partial charge is 0.320 e. The Morgan fingerprint density at radius 2 is 1.69 bits per heavy atom. The maximum Gasteiger partial charge on any atom is 0.320 e. The Labute approximate surface area is 192 Å². The van der Waals surface area contributed by atoms with E-state index in [9.17, 15) is 14.4 Å². The highest BCUT2D eigenvalue weighted by atomic mass is 16.2. The summed E-state index contributed by atoms with van der Waals surface area (Å²) in [5.41, 5.74) is 0. The van der Waals surface area contributed by atoms with Gasteiger partial charge in [0, 0.05) is 57.6 Å². The van der Waals surface area contributed by atoms with E-state index >= 15 is 0 Å². The topological polar surface area (TPSA) is 73.0 Å². The molecule has 3 atom stereocenters. The molecular formula is C25H40N4O3. The second-order valence-corrected chi connectivity index (χ2v) is 11.1. The van der Waals surface area contributed by atoms with Gasteiger partial charge in [-0.1, -0.05) is 25.7 Å². The molecule has 2 unspecified atom stereocenters. The van der Waals surface area contributed by atoms with E-state index in [4.69, 9.17) is 0 Å². The fourth-order valence-corrected chi connectivity index (χ4v) is 7.12. The maximum absolute atomic E-state index is 13.3. The first-order valence-corrected chi connectivity index (χ1v) is 13.2. The number of likely N-dealkylation sites (tertiary alicyclic amines) is 2. The minimum absolute atomic E-state index is 0.168. The highest BCUT2D eigenvalue weighted by Gasteiger charge is 2.45. The molecule has 5 rings (SSSR count). The molecule has 7 heteroatoms. The summed E-state index contributed by atoms with van der Waals surface area (Å²) in [6.45, 7) is 3.86. The van der Waals surface area contributed by atoms with E-state index < -0.39 is 0 Å². The second-order valence-electron chi connectivity index (χ2n) is 11.1. The van der Waals surface area contributed by atoms with Crippen molar-refractivity contribution < 1.29 is 14.4 Å². The molecule has 4 aliphatic heterocycles. The molecular weight excluding hydrogens is 404 g/mol. The van der Waals surface area contributed by atoms with E-state index in [0.717, 1.165) is 77.2 Å². The summed E-state index contributed by atoms with van der Waals surface area (Å²) in [5, 5.41) is 3.22. The van der Waals surface area contributed by atoms with Crippen LogP contribution in [0, 0.1) is 17.8 Å². The van der Waals surface area contributed by atoms with Crippen molar-refractivity contribution >= 4 is 17.8 Å². The molecule has 0 aromatic heterocycles. The lowest BCUT2D eigenvalue weighted by molar-refractivity contribution is -0.144. The van der Waals surface area contributed by atoms with Crippen LogP contribution in [0.4, 0.5) is 4.79 Å². The van der Waals surface area contributed by atoms with Crippen LogP contribution in [0.3, 0.4) is 0 Å². The van der Waals surface area contributed by atoms with Gasteiger partial charge in [-0.2, -0.15) is 0 Å². The SMILES string of the molecule is O=C(CCC1CCCC1)NC1CCN(C(=O)N2CC3CC(C2)[C@H]2CCCC(=O)N2C3)CC1. The average Bonchev–Trinajstić information content (AvgIpc) is 3.32. The Morgan fingerprint density at radius 3 is 2.47 bits per heavy atom. The second kappa shape index (κ2) is 9.60. The lowest BCUT2D eigenvalue weighted by Gasteiger charge is -2.53. The van der Waals surface area contributed by atoms with Crippen LogP contribution in [-0.4, -0.2) is 77.4 Å². The highest BCUT2D eigenvalue weighted by Crippen LogP contribution is 2.38. The summed E-state index contributed by atoms with van der Waals surface area (Å²) in [6, 6.07) is 0.715. The van der Waals surface area contributed by atoms with Crippen LogP contribution >= 0.6 is 0 Å². The Bertz CT molecular complexity index is 714. The number of amides is 4. The zero-order valence-corrected chi connectivity index (χ0v) is 19.5. The van der Waals surface area contributed by atoms with Crippen LogP contribution in [-0.2, 0) is 9.59 Å². The third-order valence-electron chi connectivity index (χ3n) is 8.84. The van der Waals surface area contributed by atoms with E-state index in [-0.39, 0.29) is 18.0 Å². The van der Waals surface area contributed by atoms with Crippen molar-refractivity contribution in [2.24, 2.45) is 17.8 Å². The Balaban J connectivity index is 1.07. The number of nitrogens with one attached hydrogen (secondary N) is 1. The standard InChI is InChI=1S/C25H40N4O3/c30-23(9-8-18-4-1-2-5-18)26-21-10-12-27(13-11-21)25(32)28-15-19-14-20(17-28)22-6-3-7-24(31)29(22)16-19/h18-22H,1-17H2,(H,26,30)/t19?,20?,22-/m1/s1. The van der Waals surface area contributed by atoms with Crippen LogP contribution in [0.5, 0.6) is 0 Å². The summed E-state index contributed by atoms with van der Waals surface area (Å²) in [7, 11) is 0. The van der Waals surface area contributed by atoms with Gasteiger partial charge in [0.05, 0.1) is 0 Å². The molecule has 32 heavy (non-hydrogen) atoms. The molecule has 0 spiro atoms. The van der Waals surface area contributed by atoms with E-state index in [1.807, 2.05) is 4.90 Å². The number of piperidine rings is 4. The quantitative estimate of drug-likeness (QED) is 0.725. The number of carbonyl (C=O) groups is 3. The third-order valence-corrected chi connectivity index (χ3v) is 8.84. The highest BCUT2D eigenvalue weighted by molar-refractivity contribution is 5.78. The minimum atomic E-state index is 0.168. The van der Waals surface area contributed by atoms with Gasteiger partial charge in [0.2, 0.25) is 11.8 Å². The van der Waals surface area contributed by atoms with Crippen molar-refractivity contribution in [1.82, 2.24) is 20.0 Å². The van der Waals surface area contributed by atoms with E-state index in [1.165, 1.54) is 25.7 Å². The maximum atomic E-state index is 13.3. The van der Waals surface area contributed by atoms with E-state index in [0.29, 0.717) is 36.6 Å². The fraction of sp³-hybridized carbons (Fsp3) is 0.880. The molecule has 1 N–H and O–H groups in total. The molecule has 4 saturated heterocycles. The molecule has 1 saturated carbocycles. The largest absolute Gasteiger partial charge is 0.353 e. The van der Waals surface area contributed by atoms with Gasteiger partial charge in [-0.25, -0.2) is 4.79 Å². The van der Waals surface area contributed by atoms with Gasteiger partial charge in [0.15, 0.2) is 0 Å². The Hall–Kier alpha value is -1.79. The number of urea groups is 1. The predicted molar refractivity (Wildman–Crippen MR) is 122 cm³/mol.